The van der Waals surface area contributed by atoms with Gasteiger partial charge in [0.15, 0.2) is 0 Å². The van der Waals surface area contributed by atoms with Gasteiger partial charge in [0.25, 0.3) is 0 Å². The molecule has 0 aromatic carbocycles. The lowest BCUT2D eigenvalue weighted by Crippen LogP contribution is -2.36. The highest BCUT2D eigenvalue weighted by molar-refractivity contribution is 5.67. The van der Waals surface area contributed by atoms with Crippen molar-refractivity contribution in [1.82, 2.24) is 0 Å². The second kappa shape index (κ2) is 4.12. The molecule has 3 nitrogen and oxygen atoms in total. The molecule has 1 spiro atoms. The van der Waals surface area contributed by atoms with Crippen LogP contribution in [0.1, 0.15) is 51.4 Å². The first kappa shape index (κ1) is 10.9. The van der Waals surface area contributed by atoms with Crippen molar-refractivity contribution >= 4 is 5.97 Å². The van der Waals surface area contributed by atoms with Gasteiger partial charge in [-0.25, -0.2) is 0 Å². The molecule has 0 aliphatic heterocycles. The fraction of sp³-hybridized carbons (Fsp3) is 0.917. The predicted octanol–water partition coefficient (Wildman–Crippen LogP) is 2.18. The minimum Gasteiger partial charge on any atom is -0.481 e. The van der Waals surface area contributed by atoms with E-state index in [2.05, 4.69) is 0 Å². The van der Waals surface area contributed by atoms with Crippen LogP contribution in [0, 0.1) is 11.3 Å². The van der Waals surface area contributed by atoms with Gasteiger partial charge in [-0.05, 0) is 43.4 Å². The first-order valence-corrected chi connectivity index (χ1v) is 6.02. The van der Waals surface area contributed by atoms with E-state index in [-0.39, 0.29) is 17.9 Å². The fourth-order valence-electron chi connectivity index (χ4n) is 3.51. The maximum atomic E-state index is 10.6. The zero-order valence-electron chi connectivity index (χ0n) is 9.11. The number of aliphatic carboxylic acids is 1. The Kier molecular flexibility index (Phi) is 3.01. The Balaban J connectivity index is 1.97. The van der Waals surface area contributed by atoms with Crippen LogP contribution in [0.25, 0.3) is 0 Å². The summed E-state index contributed by atoms with van der Waals surface area (Å²) in [6.07, 6.45) is 7.42. The van der Waals surface area contributed by atoms with Crippen molar-refractivity contribution in [3.05, 3.63) is 0 Å². The van der Waals surface area contributed by atoms with Gasteiger partial charge in [0.05, 0.1) is 6.10 Å². The summed E-state index contributed by atoms with van der Waals surface area (Å²) < 4.78 is 0. The lowest BCUT2D eigenvalue weighted by Gasteiger charge is -2.38. The van der Waals surface area contributed by atoms with E-state index in [0.717, 1.165) is 38.5 Å². The molecule has 0 bridgehead atoms. The van der Waals surface area contributed by atoms with Gasteiger partial charge in [-0.3, -0.25) is 4.79 Å². The largest absolute Gasteiger partial charge is 0.481 e. The van der Waals surface area contributed by atoms with E-state index in [1.54, 1.807) is 0 Å². The molecule has 1 unspecified atom stereocenters. The molecule has 2 fully saturated rings. The normalized spacial score (nSPS) is 40.9. The number of carboxylic acid groups (broad SMARTS) is 1. The third-order valence-corrected chi connectivity index (χ3v) is 4.32. The molecule has 2 aliphatic carbocycles. The highest BCUT2D eigenvalue weighted by atomic mass is 16.4. The highest BCUT2D eigenvalue weighted by Crippen LogP contribution is 2.52. The topological polar surface area (TPSA) is 57.5 Å². The summed E-state index contributed by atoms with van der Waals surface area (Å²) in [6, 6.07) is 0. The molecule has 0 aromatic rings. The molecule has 0 amide bonds. The quantitative estimate of drug-likeness (QED) is 0.737. The SMILES string of the molecule is O=C(O)C[C@@H]1CC[C@@]2(CCCCC2O)C1. The molecule has 0 heterocycles. The first-order valence-electron chi connectivity index (χ1n) is 6.02. The number of aliphatic hydroxyl groups is 1. The van der Waals surface area contributed by atoms with Crippen molar-refractivity contribution in [2.24, 2.45) is 11.3 Å². The Bertz CT molecular complexity index is 251. The Labute approximate surface area is 90.5 Å². The van der Waals surface area contributed by atoms with Gasteiger partial charge in [-0.15, -0.1) is 0 Å². The lowest BCUT2D eigenvalue weighted by atomic mass is 9.70. The minimum absolute atomic E-state index is 0.0817. The number of carboxylic acids is 1. The summed E-state index contributed by atoms with van der Waals surface area (Å²) in [4.78, 5) is 10.6. The first-order chi connectivity index (χ1) is 7.12. The standard InChI is InChI=1S/C12H20O3/c13-10-3-1-2-5-12(10)6-4-9(8-12)7-11(14)15/h9-10,13H,1-8H2,(H,14,15)/t9-,10?,12-/m0/s1. The van der Waals surface area contributed by atoms with Crippen molar-refractivity contribution in [3.8, 4) is 0 Å². The third kappa shape index (κ3) is 2.17. The van der Waals surface area contributed by atoms with Crippen molar-refractivity contribution in [1.29, 1.82) is 0 Å². The number of hydrogen-bond donors (Lipinski definition) is 2. The average Bonchev–Trinajstić information content (AvgIpc) is 2.55. The van der Waals surface area contributed by atoms with Crippen LogP contribution in [0.3, 0.4) is 0 Å². The molecule has 15 heavy (non-hydrogen) atoms. The molecular formula is C12H20O3. The van der Waals surface area contributed by atoms with E-state index in [1.807, 2.05) is 0 Å². The van der Waals surface area contributed by atoms with Crippen LogP contribution >= 0.6 is 0 Å². The molecule has 2 aliphatic rings. The molecule has 0 aromatic heterocycles. The van der Waals surface area contributed by atoms with E-state index in [1.165, 1.54) is 6.42 Å². The van der Waals surface area contributed by atoms with E-state index < -0.39 is 5.97 Å². The van der Waals surface area contributed by atoms with Gasteiger partial charge >= 0.3 is 5.97 Å². The second-order valence-electron chi connectivity index (χ2n) is 5.33. The highest BCUT2D eigenvalue weighted by Gasteiger charge is 2.45. The number of hydrogen-bond acceptors (Lipinski definition) is 2. The van der Waals surface area contributed by atoms with Gasteiger partial charge < -0.3 is 10.2 Å². The Morgan fingerprint density at radius 1 is 1.27 bits per heavy atom. The van der Waals surface area contributed by atoms with Crippen molar-refractivity contribution in [3.63, 3.8) is 0 Å². The molecule has 3 atom stereocenters. The van der Waals surface area contributed by atoms with Crippen molar-refractivity contribution in [2.75, 3.05) is 0 Å². The molecule has 2 saturated carbocycles. The maximum Gasteiger partial charge on any atom is 0.303 e. The van der Waals surface area contributed by atoms with Gasteiger partial charge in [-0.2, -0.15) is 0 Å². The zero-order chi connectivity index (χ0) is 10.9. The summed E-state index contributed by atoms with van der Waals surface area (Å²) in [6.45, 7) is 0. The smallest absolute Gasteiger partial charge is 0.303 e. The third-order valence-electron chi connectivity index (χ3n) is 4.32. The van der Waals surface area contributed by atoms with Gasteiger partial charge in [-0.1, -0.05) is 12.8 Å². The molecule has 2 N–H and O–H groups in total. The van der Waals surface area contributed by atoms with Crippen LogP contribution < -0.4 is 0 Å². The molecule has 2 rings (SSSR count). The molecule has 3 heteroatoms. The summed E-state index contributed by atoms with van der Waals surface area (Å²) in [5.74, 6) is -0.391. The number of carbonyl (C=O) groups is 1. The second-order valence-corrected chi connectivity index (χ2v) is 5.33. The van der Waals surface area contributed by atoms with Gasteiger partial charge in [0.1, 0.15) is 0 Å². The van der Waals surface area contributed by atoms with Gasteiger partial charge in [0.2, 0.25) is 0 Å². The molecule has 0 radical (unpaired) electrons. The molecule has 0 saturated heterocycles. The number of aliphatic hydroxyl groups excluding tert-OH is 1. The Hall–Kier alpha value is -0.570. The Morgan fingerprint density at radius 2 is 2.07 bits per heavy atom. The summed E-state index contributed by atoms with van der Waals surface area (Å²) in [5.41, 5.74) is 0.0817. The van der Waals surface area contributed by atoms with Crippen molar-refractivity contribution in [2.45, 2.75) is 57.5 Å². The average molecular weight is 212 g/mol. The van der Waals surface area contributed by atoms with Crippen LogP contribution in [0.5, 0.6) is 0 Å². The fourth-order valence-corrected chi connectivity index (χ4v) is 3.51. The Morgan fingerprint density at radius 3 is 2.73 bits per heavy atom. The van der Waals surface area contributed by atoms with Gasteiger partial charge in [0, 0.05) is 6.42 Å². The molecular weight excluding hydrogens is 192 g/mol. The van der Waals surface area contributed by atoms with Crippen LogP contribution in [-0.4, -0.2) is 22.3 Å². The zero-order valence-corrected chi connectivity index (χ0v) is 9.11. The van der Waals surface area contributed by atoms with Crippen molar-refractivity contribution < 1.29 is 15.0 Å². The monoisotopic (exact) mass is 212 g/mol. The maximum absolute atomic E-state index is 10.6. The van der Waals surface area contributed by atoms with E-state index in [4.69, 9.17) is 5.11 Å². The van der Waals surface area contributed by atoms with Crippen LogP contribution in [0.4, 0.5) is 0 Å². The van der Waals surface area contributed by atoms with E-state index >= 15 is 0 Å². The van der Waals surface area contributed by atoms with Crippen LogP contribution in [0.2, 0.25) is 0 Å². The molecule has 86 valence electrons. The lowest BCUT2D eigenvalue weighted by molar-refractivity contribution is -0.138. The summed E-state index contributed by atoms with van der Waals surface area (Å²) in [7, 11) is 0. The minimum atomic E-state index is -0.692. The van der Waals surface area contributed by atoms with E-state index in [0.29, 0.717) is 5.92 Å². The summed E-state index contributed by atoms with van der Waals surface area (Å²) in [5, 5.41) is 18.8. The summed E-state index contributed by atoms with van der Waals surface area (Å²) >= 11 is 0. The van der Waals surface area contributed by atoms with Crippen LogP contribution in [0.15, 0.2) is 0 Å². The number of rotatable bonds is 2. The van der Waals surface area contributed by atoms with Crippen LogP contribution in [-0.2, 0) is 4.79 Å². The van der Waals surface area contributed by atoms with E-state index in [9.17, 15) is 9.90 Å². The predicted molar refractivity (Wildman–Crippen MR) is 56.5 cm³/mol.